The average Bonchev–Trinajstić information content (AvgIpc) is 2.79. The van der Waals surface area contributed by atoms with Crippen LogP contribution in [0.2, 0.25) is 0 Å². The third-order valence-corrected chi connectivity index (χ3v) is 6.59. The average molecular weight is 342 g/mol. The molecule has 19 heavy (non-hydrogen) atoms. The van der Waals surface area contributed by atoms with Crippen LogP contribution < -0.4 is 5.32 Å². The molecule has 0 saturated heterocycles. The van der Waals surface area contributed by atoms with E-state index in [0.29, 0.717) is 6.04 Å². The SMILES string of the molecule is CC1CCC(CNC2CCCc3sc(Br)cc32)CC1. The van der Waals surface area contributed by atoms with Crippen molar-refractivity contribution in [2.24, 2.45) is 11.8 Å². The molecule has 3 rings (SSSR count). The molecular weight excluding hydrogens is 318 g/mol. The third-order valence-electron chi connectivity index (χ3n) is 4.87. The smallest absolute Gasteiger partial charge is 0.0704 e. The summed E-state index contributed by atoms with van der Waals surface area (Å²) in [5.74, 6) is 1.88. The maximum absolute atomic E-state index is 3.86. The monoisotopic (exact) mass is 341 g/mol. The quantitative estimate of drug-likeness (QED) is 0.785. The van der Waals surface area contributed by atoms with Gasteiger partial charge in [0, 0.05) is 10.9 Å². The fraction of sp³-hybridized carbons (Fsp3) is 0.750. The van der Waals surface area contributed by atoms with Gasteiger partial charge in [0.2, 0.25) is 0 Å². The van der Waals surface area contributed by atoms with Gasteiger partial charge >= 0.3 is 0 Å². The molecule has 1 nitrogen and oxygen atoms in total. The molecule has 1 heterocycles. The third kappa shape index (κ3) is 3.43. The lowest BCUT2D eigenvalue weighted by Gasteiger charge is -2.30. The molecule has 0 radical (unpaired) electrons. The number of nitrogens with one attached hydrogen (secondary N) is 1. The summed E-state index contributed by atoms with van der Waals surface area (Å²) < 4.78 is 1.30. The van der Waals surface area contributed by atoms with E-state index in [1.54, 1.807) is 10.4 Å². The van der Waals surface area contributed by atoms with Crippen LogP contribution in [-0.2, 0) is 6.42 Å². The Morgan fingerprint density at radius 1 is 1.26 bits per heavy atom. The second-order valence-electron chi connectivity index (χ2n) is 6.41. The summed E-state index contributed by atoms with van der Waals surface area (Å²) in [6.45, 7) is 3.63. The number of fused-ring (bicyclic) bond motifs is 1. The Morgan fingerprint density at radius 3 is 2.84 bits per heavy atom. The standard InChI is InChI=1S/C16H24BrNS/c1-11-5-7-12(8-6-11)10-18-14-3-2-4-15-13(14)9-16(17)19-15/h9,11-12,14,18H,2-8,10H2,1H3. The summed E-state index contributed by atoms with van der Waals surface area (Å²) in [6, 6.07) is 2.96. The predicted molar refractivity (Wildman–Crippen MR) is 86.8 cm³/mol. The van der Waals surface area contributed by atoms with Crippen molar-refractivity contribution in [3.63, 3.8) is 0 Å². The van der Waals surface area contributed by atoms with Gasteiger partial charge in [-0.3, -0.25) is 0 Å². The molecule has 1 saturated carbocycles. The molecule has 0 bridgehead atoms. The molecule has 1 fully saturated rings. The van der Waals surface area contributed by atoms with E-state index in [1.165, 1.54) is 55.3 Å². The van der Waals surface area contributed by atoms with Crippen LogP contribution in [0.25, 0.3) is 0 Å². The summed E-state index contributed by atoms with van der Waals surface area (Å²) in [4.78, 5) is 1.60. The van der Waals surface area contributed by atoms with Gasteiger partial charge in [-0.05, 0) is 78.0 Å². The number of thiophene rings is 1. The Morgan fingerprint density at radius 2 is 2.05 bits per heavy atom. The molecule has 1 N–H and O–H groups in total. The summed E-state index contributed by atoms with van der Waals surface area (Å²) in [5, 5.41) is 3.86. The minimum atomic E-state index is 0.616. The maximum Gasteiger partial charge on any atom is 0.0704 e. The topological polar surface area (TPSA) is 12.0 Å². The Kier molecular flexibility index (Phi) is 4.66. The van der Waals surface area contributed by atoms with Crippen molar-refractivity contribution in [2.45, 2.75) is 57.9 Å². The molecule has 106 valence electrons. The molecule has 0 amide bonds. The van der Waals surface area contributed by atoms with Gasteiger partial charge in [0.05, 0.1) is 3.79 Å². The van der Waals surface area contributed by atoms with Crippen molar-refractivity contribution in [1.82, 2.24) is 5.32 Å². The number of hydrogen-bond acceptors (Lipinski definition) is 2. The number of hydrogen-bond donors (Lipinski definition) is 1. The Balaban J connectivity index is 1.56. The first kappa shape index (κ1) is 14.1. The van der Waals surface area contributed by atoms with Gasteiger partial charge in [0.15, 0.2) is 0 Å². The van der Waals surface area contributed by atoms with Crippen molar-refractivity contribution in [3.8, 4) is 0 Å². The molecule has 1 aromatic rings. The summed E-state index contributed by atoms with van der Waals surface area (Å²) >= 11 is 5.58. The molecule has 1 aromatic heterocycles. The van der Waals surface area contributed by atoms with Crippen LogP contribution in [0.5, 0.6) is 0 Å². The zero-order valence-electron chi connectivity index (χ0n) is 11.8. The van der Waals surface area contributed by atoms with Gasteiger partial charge in [-0.25, -0.2) is 0 Å². The minimum Gasteiger partial charge on any atom is -0.310 e. The summed E-state index contributed by atoms with van der Waals surface area (Å²) in [6.07, 6.45) is 9.68. The van der Waals surface area contributed by atoms with E-state index in [0.717, 1.165) is 11.8 Å². The van der Waals surface area contributed by atoms with Crippen LogP contribution >= 0.6 is 27.3 Å². The molecule has 2 aliphatic rings. The van der Waals surface area contributed by atoms with Gasteiger partial charge < -0.3 is 5.32 Å². The zero-order chi connectivity index (χ0) is 13.2. The summed E-state index contributed by atoms with van der Waals surface area (Å²) in [5.41, 5.74) is 1.58. The highest BCUT2D eigenvalue weighted by Gasteiger charge is 2.24. The molecule has 0 spiro atoms. The normalized spacial score (nSPS) is 31.2. The first-order valence-electron chi connectivity index (χ1n) is 7.74. The van der Waals surface area contributed by atoms with Crippen LogP contribution in [-0.4, -0.2) is 6.54 Å². The highest BCUT2D eigenvalue weighted by Crippen LogP contribution is 2.38. The van der Waals surface area contributed by atoms with Crippen LogP contribution in [0.4, 0.5) is 0 Å². The highest BCUT2D eigenvalue weighted by molar-refractivity contribution is 9.11. The van der Waals surface area contributed by atoms with E-state index < -0.39 is 0 Å². The largest absolute Gasteiger partial charge is 0.310 e. The van der Waals surface area contributed by atoms with Crippen LogP contribution in [0.3, 0.4) is 0 Å². The van der Waals surface area contributed by atoms with Crippen molar-refractivity contribution < 1.29 is 0 Å². The lowest BCUT2D eigenvalue weighted by molar-refractivity contribution is 0.270. The Hall–Kier alpha value is 0.140. The van der Waals surface area contributed by atoms with Gasteiger partial charge in [0.25, 0.3) is 0 Å². The first-order valence-corrected chi connectivity index (χ1v) is 9.35. The van der Waals surface area contributed by atoms with E-state index >= 15 is 0 Å². The van der Waals surface area contributed by atoms with Gasteiger partial charge in [-0.1, -0.05) is 19.8 Å². The number of rotatable bonds is 3. The van der Waals surface area contributed by atoms with E-state index in [2.05, 4.69) is 34.2 Å². The minimum absolute atomic E-state index is 0.616. The maximum atomic E-state index is 3.86. The fourth-order valence-electron chi connectivity index (χ4n) is 3.58. The summed E-state index contributed by atoms with van der Waals surface area (Å²) in [7, 11) is 0. The Labute approximate surface area is 129 Å². The molecule has 3 heteroatoms. The fourth-order valence-corrected chi connectivity index (χ4v) is 5.40. The second kappa shape index (κ2) is 6.28. The van der Waals surface area contributed by atoms with Gasteiger partial charge in [-0.2, -0.15) is 0 Å². The van der Waals surface area contributed by atoms with Gasteiger partial charge in [0.1, 0.15) is 0 Å². The van der Waals surface area contributed by atoms with Crippen LogP contribution in [0, 0.1) is 11.8 Å². The van der Waals surface area contributed by atoms with Gasteiger partial charge in [-0.15, -0.1) is 11.3 Å². The molecule has 2 aliphatic carbocycles. The predicted octanol–water partition coefficient (Wildman–Crippen LogP) is 5.30. The number of halogens is 1. The van der Waals surface area contributed by atoms with Crippen molar-refractivity contribution in [3.05, 3.63) is 20.3 Å². The van der Waals surface area contributed by atoms with E-state index in [4.69, 9.17) is 0 Å². The molecule has 1 unspecified atom stereocenters. The van der Waals surface area contributed by atoms with Crippen molar-refractivity contribution in [2.75, 3.05) is 6.54 Å². The first-order chi connectivity index (χ1) is 9.22. The second-order valence-corrected chi connectivity index (χ2v) is 8.92. The number of aryl methyl sites for hydroxylation is 1. The van der Waals surface area contributed by atoms with Crippen molar-refractivity contribution in [1.29, 1.82) is 0 Å². The van der Waals surface area contributed by atoms with Crippen LogP contribution in [0.15, 0.2) is 9.85 Å². The lowest BCUT2D eigenvalue weighted by atomic mass is 9.82. The molecule has 0 aromatic carbocycles. The molecule has 0 aliphatic heterocycles. The zero-order valence-corrected chi connectivity index (χ0v) is 14.2. The molecular formula is C16H24BrNS. The van der Waals surface area contributed by atoms with Crippen LogP contribution in [0.1, 0.15) is 61.9 Å². The highest BCUT2D eigenvalue weighted by atomic mass is 79.9. The molecule has 1 atom stereocenters. The van der Waals surface area contributed by atoms with E-state index in [9.17, 15) is 0 Å². The van der Waals surface area contributed by atoms with Crippen molar-refractivity contribution >= 4 is 27.3 Å². The van der Waals surface area contributed by atoms with E-state index in [1.807, 2.05) is 11.3 Å². The van der Waals surface area contributed by atoms with E-state index in [-0.39, 0.29) is 0 Å². The lowest BCUT2D eigenvalue weighted by Crippen LogP contribution is -2.31. The Bertz CT molecular complexity index is 420.